The quantitative estimate of drug-likeness (QED) is 0.678. The van der Waals surface area contributed by atoms with E-state index in [4.69, 9.17) is 4.74 Å². The Bertz CT molecular complexity index is 788. The van der Waals surface area contributed by atoms with Crippen LogP contribution in [0, 0.1) is 0 Å². The molecule has 0 saturated carbocycles. The summed E-state index contributed by atoms with van der Waals surface area (Å²) < 4.78 is 7.55. The molecular weight excluding hydrogens is 262 g/mol. The van der Waals surface area contributed by atoms with Crippen LogP contribution >= 0.6 is 0 Å². The molecule has 0 spiro atoms. The van der Waals surface area contributed by atoms with Gasteiger partial charge >= 0.3 is 0 Å². The molecule has 0 atom stereocenters. The number of carbonyl (C=O) groups excluding carboxylic acids is 1. The van der Waals surface area contributed by atoms with E-state index in [2.05, 4.69) is 16.7 Å². The van der Waals surface area contributed by atoms with Crippen molar-refractivity contribution < 1.29 is 9.53 Å². The number of methoxy groups -OCH3 is 1. The average Bonchev–Trinajstić information content (AvgIpc) is 2.87. The summed E-state index contributed by atoms with van der Waals surface area (Å²) >= 11 is 0. The largest absolute Gasteiger partial charge is 0.495 e. The molecular formula is C18H17NO2. The van der Waals surface area contributed by atoms with Gasteiger partial charge in [0.1, 0.15) is 5.75 Å². The molecule has 0 radical (unpaired) electrons. The van der Waals surface area contributed by atoms with Gasteiger partial charge in [-0.15, -0.1) is 0 Å². The Morgan fingerprint density at radius 1 is 1.10 bits per heavy atom. The minimum atomic E-state index is 0.0695. The van der Waals surface area contributed by atoms with E-state index in [0.717, 1.165) is 22.2 Å². The highest BCUT2D eigenvalue weighted by Crippen LogP contribution is 2.30. The third kappa shape index (κ3) is 2.42. The lowest BCUT2D eigenvalue weighted by Crippen LogP contribution is -1.99. The molecule has 1 heterocycles. The molecule has 3 aromatic rings. The molecule has 0 saturated heterocycles. The number of rotatable bonds is 4. The summed E-state index contributed by atoms with van der Waals surface area (Å²) in [5, 5.41) is 0.942. The molecule has 0 aliphatic rings. The molecule has 21 heavy (non-hydrogen) atoms. The highest BCUT2D eigenvalue weighted by Gasteiger charge is 2.15. The van der Waals surface area contributed by atoms with E-state index < -0.39 is 0 Å². The Kier molecular flexibility index (Phi) is 3.48. The predicted molar refractivity (Wildman–Crippen MR) is 84.0 cm³/mol. The van der Waals surface area contributed by atoms with Gasteiger partial charge in [-0.05, 0) is 18.6 Å². The van der Waals surface area contributed by atoms with Gasteiger partial charge < -0.3 is 9.30 Å². The number of hydrogen-bond acceptors (Lipinski definition) is 2. The summed E-state index contributed by atoms with van der Waals surface area (Å²) in [6.07, 6.45) is 1.92. The van der Waals surface area contributed by atoms with Crippen molar-refractivity contribution in [1.82, 2.24) is 4.57 Å². The van der Waals surface area contributed by atoms with E-state index in [1.54, 1.807) is 14.0 Å². The van der Waals surface area contributed by atoms with Crippen LogP contribution in [0.4, 0.5) is 0 Å². The van der Waals surface area contributed by atoms with Gasteiger partial charge in [-0.25, -0.2) is 0 Å². The van der Waals surface area contributed by atoms with Crippen LogP contribution in [0.2, 0.25) is 0 Å². The van der Waals surface area contributed by atoms with Crippen LogP contribution < -0.4 is 4.74 Å². The van der Waals surface area contributed by atoms with E-state index in [0.29, 0.717) is 6.54 Å². The zero-order chi connectivity index (χ0) is 14.8. The van der Waals surface area contributed by atoms with E-state index in [1.807, 2.05) is 42.6 Å². The van der Waals surface area contributed by atoms with Gasteiger partial charge in [0.2, 0.25) is 0 Å². The van der Waals surface area contributed by atoms with Gasteiger partial charge in [0.05, 0.1) is 12.6 Å². The number of benzene rings is 2. The second-order valence-electron chi connectivity index (χ2n) is 5.07. The molecule has 0 N–H and O–H groups in total. The van der Waals surface area contributed by atoms with E-state index in [9.17, 15) is 4.79 Å². The minimum Gasteiger partial charge on any atom is -0.495 e. The van der Waals surface area contributed by atoms with E-state index >= 15 is 0 Å². The normalized spacial score (nSPS) is 10.8. The summed E-state index contributed by atoms with van der Waals surface area (Å²) in [6, 6.07) is 16.0. The summed E-state index contributed by atoms with van der Waals surface area (Å²) in [5.41, 5.74) is 2.89. The Morgan fingerprint density at radius 3 is 2.52 bits per heavy atom. The molecule has 3 heteroatoms. The maximum atomic E-state index is 11.9. The van der Waals surface area contributed by atoms with Gasteiger partial charge in [0.25, 0.3) is 0 Å². The van der Waals surface area contributed by atoms with Crippen molar-refractivity contribution in [2.45, 2.75) is 13.5 Å². The van der Waals surface area contributed by atoms with Crippen LogP contribution in [-0.2, 0) is 6.54 Å². The number of ketones is 1. The lowest BCUT2D eigenvalue weighted by molar-refractivity contribution is 0.101. The van der Waals surface area contributed by atoms with Crippen LogP contribution in [-0.4, -0.2) is 17.5 Å². The molecule has 0 fully saturated rings. The first-order valence-corrected chi connectivity index (χ1v) is 6.91. The van der Waals surface area contributed by atoms with E-state index in [1.165, 1.54) is 5.56 Å². The standard InChI is InChI=1S/C18H17NO2/c1-13(20)16-12-19(11-14-7-4-3-5-8-14)18-15(16)9-6-10-17(18)21-2/h3-10,12H,11H2,1-2H3. The highest BCUT2D eigenvalue weighted by atomic mass is 16.5. The maximum Gasteiger partial charge on any atom is 0.161 e. The number of fused-ring (bicyclic) bond motifs is 1. The molecule has 106 valence electrons. The van der Waals surface area contributed by atoms with Gasteiger partial charge in [0, 0.05) is 23.7 Å². The average molecular weight is 279 g/mol. The second kappa shape index (κ2) is 5.44. The Hall–Kier alpha value is -2.55. The number of nitrogens with zero attached hydrogens (tertiary/aromatic N) is 1. The zero-order valence-electron chi connectivity index (χ0n) is 12.2. The molecule has 2 aromatic carbocycles. The van der Waals surface area contributed by atoms with Crippen LogP contribution in [0.5, 0.6) is 5.75 Å². The van der Waals surface area contributed by atoms with Gasteiger partial charge in [-0.1, -0.05) is 42.5 Å². The summed E-state index contributed by atoms with van der Waals surface area (Å²) in [4.78, 5) is 11.9. The molecule has 3 nitrogen and oxygen atoms in total. The zero-order valence-corrected chi connectivity index (χ0v) is 12.2. The Labute approximate surface area is 123 Å². The van der Waals surface area contributed by atoms with Crippen molar-refractivity contribution in [1.29, 1.82) is 0 Å². The first-order valence-electron chi connectivity index (χ1n) is 6.91. The third-order valence-electron chi connectivity index (χ3n) is 3.66. The second-order valence-corrected chi connectivity index (χ2v) is 5.07. The molecule has 0 amide bonds. The summed E-state index contributed by atoms with van der Waals surface area (Å²) in [7, 11) is 1.65. The molecule has 0 unspecified atom stereocenters. The van der Waals surface area contributed by atoms with Crippen molar-refractivity contribution in [2.75, 3.05) is 7.11 Å². The van der Waals surface area contributed by atoms with Crippen molar-refractivity contribution in [2.24, 2.45) is 0 Å². The van der Waals surface area contributed by atoms with Crippen LogP contribution in [0.1, 0.15) is 22.8 Å². The summed E-state index contributed by atoms with van der Waals surface area (Å²) in [5.74, 6) is 0.857. The Morgan fingerprint density at radius 2 is 1.86 bits per heavy atom. The molecule has 0 aliphatic heterocycles. The van der Waals surface area contributed by atoms with Crippen LogP contribution in [0.25, 0.3) is 10.9 Å². The number of Topliss-reactive ketones (excluding diaryl/α,β-unsaturated/α-hetero) is 1. The number of carbonyl (C=O) groups is 1. The first-order chi connectivity index (χ1) is 10.2. The fourth-order valence-electron chi connectivity index (χ4n) is 2.68. The Balaban J connectivity index is 2.19. The molecule has 3 rings (SSSR count). The van der Waals surface area contributed by atoms with Crippen molar-refractivity contribution in [3.63, 3.8) is 0 Å². The van der Waals surface area contributed by atoms with Crippen molar-refractivity contribution >= 4 is 16.7 Å². The molecule has 0 bridgehead atoms. The molecule has 1 aromatic heterocycles. The number of ether oxygens (including phenoxy) is 1. The minimum absolute atomic E-state index is 0.0695. The number of hydrogen-bond donors (Lipinski definition) is 0. The number of aromatic nitrogens is 1. The third-order valence-corrected chi connectivity index (χ3v) is 3.66. The number of para-hydroxylation sites is 1. The van der Waals surface area contributed by atoms with Crippen LogP contribution in [0.3, 0.4) is 0 Å². The topological polar surface area (TPSA) is 31.2 Å². The van der Waals surface area contributed by atoms with Gasteiger partial charge in [-0.2, -0.15) is 0 Å². The lowest BCUT2D eigenvalue weighted by Gasteiger charge is -2.09. The van der Waals surface area contributed by atoms with Gasteiger partial charge in [-0.3, -0.25) is 4.79 Å². The fraction of sp³-hybridized carbons (Fsp3) is 0.167. The van der Waals surface area contributed by atoms with Crippen molar-refractivity contribution in [3.8, 4) is 5.75 Å². The maximum absolute atomic E-state index is 11.9. The lowest BCUT2D eigenvalue weighted by atomic mass is 10.1. The first kappa shape index (κ1) is 13.4. The van der Waals surface area contributed by atoms with Crippen molar-refractivity contribution in [3.05, 3.63) is 65.9 Å². The predicted octanol–water partition coefficient (Wildman–Crippen LogP) is 3.90. The fourth-order valence-corrected chi connectivity index (χ4v) is 2.68. The van der Waals surface area contributed by atoms with Crippen LogP contribution in [0.15, 0.2) is 54.7 Å². The monoisotopic (exact) mass is 279 g/mol. The highest BCUT2D eigenvalue weighted by molar-refractivity contribution is 6.08. The van der Waals surface area contributed by atoms with Gasteiger partial charge in [0.15, 0.2) is 5.78 Å². The molecule has 0 aliphatic carbocycles. The summed E-state index contributed by atoms with van der Waals surface area (Å²) in [6.45, 7) is 2.31. The van der Waals surface area contributed by atoms with E-state index in [-0.39, 0.29) is 5.78 Å². The smallest absolute Gasteiger partial charge is 0.161 e. The SMILES string of the molecule is COc1cccc2c(C(C)=O)cn(Cc3ccccc3)c12.